The van der Waals surface area contributed by atoms with E-state index in [2.05, 4.69) is 5.32 Å². The van der Waals surface area contributed by atoms with Gasteiger partial charge < -0.3 is 9.73 Å². The van der Waals surface area contributed by atoms with Gasteiger partial charge in [0.15, 0.2) is 5.58 Å². The van der Waals surface area contributed by atoms with E-state index in [0.29, 0.717) is 5.52 Å². The molecule has 0 aliphatic carbocycles. The zero-order chi connectivity index (χ0) is 17.4. The molecule has 1 heterocycles. The van der Waals surface area contributed by atoms with E-state index in [1.54, 1.807) is 0 Å². The van der Waals surface area contributed by atoms with Crippen molar-refractivity contribution in [1.29, 1.82) is 0 Å². The molecule has 1 atom stereocenters. The number of oxazole rings is 1. The van der Waals surface area contributed by atoms with Gasteiger partial charge in [-0.1, -0.05) is 13.8 Å². The summed E-state index contributed by atoms with van der Waals surface area (Å²) in [6.07, 6.45) is 0. The number of sulfonamides is 1. The summed E-state index contributed by atoms with van der Waals surface area (Å²) in [5.41, 5.74) is 0.390. The van der Waals surface area contributed by atoms with Crippen LogP contribution in [0.4, 0.5) is 0 Å². The van der Waals surface area contributed by atoms with Gasteiger partial charge in [-0.25, -0.2) is 18.4 Å². The summed E-state index contributed by atoms with van der Waals surface area (Å²) in [6, 6.07) is 3.78. The van der Waals surface area contributed by atoms with Crippen LogP contribution < -0.4 is 16.2 Å². The van der Waals surface area contributed by atoms with Crippen LogP contribution in [-0.4, -0.2) is 24.9 Å². The lowest BCUT2D eigenvalue weighted by Crippen LogP contribution is -2.39. The summed E-state index contributed by atoms with van der Waals surface area (Å²) in [5, 5.41) is 7.83. The highest BCUT2D eigenvalue weighted by Crippen LogP contribution is 2.17. The summed E-state index contributed by atoms with van der Waals surface area (Å²) in [5.74, 6) is -0.806. The van der Waals surface area contributed by atoms with E-state index in [4.69, 9.17) is 9.56 Å². The Morgan fingerprint density at radius 2 is 2.00 bits per heavy atom. The number of nitrogens with two attached hydrogens (primary N) is 1. The third-order valence-electron chi connectivity index (χ3n) is 3.66. The van der Waals surface area contributed by atoms with Crippen molar-refractivity contribution >= 4 is 27.0 Å². The smallest absolute Gasteiger partial charge is 0.408 e. The molecular weight excluding hydrogens is 322 g/mol. The van der Waals surface area contributed by atoms with Crippen molar-refractivity contribution in [2.75, 3.05) is 0 Å². The van der Waals surface area contributed by atoms with Crippen LogP contribution in [0.2, 0.25) is 0 Å². The van der Waals surface area contributed by atoms with E-state index in [1.165, 1.54) is 12.1 Å². The van der Waals surface area contributed by atoms with Crippen LogP contribution in [0.1, 0.15) is 20.8 Å². The second-order valence-corrected chi connectivity index (χ2v) is 7.29. The van der Waals surface area contributed by atoms with Crippen molar-refractivity contribution in [2.45, 2.75) is 38.3 Å². The van der Waals surface area contributed by atoms with E-state index in [-0.39, 0.29) is 34.9 Å². The zero-order valence-corrected chi connectivity index (χ0v) is 13.9. The third-order valence-corrected chi connectivity index (χ3v) is 4.57. The fourth-order valence-corrected chi connectivity index (χ4v) is 2.51. The van der Waals surface area contributed by atoms with Crippen LogP contribution in [0.5, 0.6) is 0 Å². The molecule has 1 amide bonds. The highest BCUT2D eigenvalue weighted by atomic mass is 32.2. The molecule has 0 aliphatic rings. The standard InChI is InChI=1S/C14H19N3O5S/c1-8(2)9(3)16-13(18)7-17-11-5-4-10(23(15,20)21)6-12(11)22-14(17)19/h4-6,8-9H,7H2,1-3H3,(H,16,18)(H2,15,20,21)/t9-/m1/s1. The van der Waals surface area contributed by atoms with Crippen LogP contribution in [0.3, 0.4) is 0 Å². The second-order valence-electron chi connectivity index (χ2n) is 5.73. The fraction of sp³-hybridized carbons (Fsp3) is 0.429. The van der Waals surface area contributed by atoms with Crippen molar-refractivity contribution in [3.05, 3.63) is 28.7 Å². The Labute approximate surface area is 133 Å². The Morgan fingerprint density at radius 1 is 1.35 bits per heavy atom. The number of benzene rings is 1. The zero-order valence-electron chi connectivity index (χ0n) is 13.1. The molecule has 0 saturated carbocycles. The predicted octanol–water partition coefficient (Wildman–Crippen LogP) is 0.403. The maximum atomic E-state index is 12.0. The molecule has 8 nitrogen and oxygen atoms in total. The Morgan fingerprint density at radius 3 is 2.57 bits per heavy atom. The fourth-order valence-electron chi connectivity index (χ4n) is 1.98. The van der Waals surface area contributed by atoms with Gasteiger partial charge in [-0.15, -0.1) is 0 Å². The van der Waals surface area contributed by atoms with Crippen LogP contribution in [0.25, 0.3) is 11.1 Å². The minimum absolute atomic E-state index is 0.0367. The number of fused-ring (bicyclic) bond motifs is 1. The quantitative estimate of drug-likeness (QED) is 0.814. The Balaban J connectivity index is 2.33. The number of nitrogens with one attached hydrogen (secondary N) is 1. The number of amides is 1. The molecule has 0 bridgehead atoms. The van der Waals surface area contributed by atoms with Crippen LogP contribution >= 0.6 is 0 Å². The number of aromatic nitrogens is 1. The summed E-state index contributed by atoms with van der Waals surface area (Å²) in [6.45, 7) is 5.60. The number of primary sulfonamides is 1. The average molecular weight is 341 g/mol. The van der Waals surface area contributed by atoms with E-state index >= 15 is 0 Å². The molecule has 0 spiro atoms. The van der Waals surface area contributed by atoms with Gasteiger partial charge in [0, 0.05) is 12.1 Å². The van der Waals surface area contributed by atoms with Crippen molar-refractivity contribution in [3.8, 4) is 0 Å². The second kappa shape index (κ2) is 6.17. The lowest BCUT2D eigenvalue weighted by atomic mass is 10.1. The van der Waals surface area contributed by atoms with Gasteiger partial charge >= 0.3 is 5.76 Å². The first kappa shape index (κ1) is 17.2. The molecule has 9 heteroatoms. The number of carbonyl (C=O) groups excluding carboxylic acids is 1. The van der Waals surface area contributed by atoms with Crippen LogP contribution in [-0.2, 0) is 21.4 Å². The first-order valence-electron chi connectivity index (χ1n) is 7.05. The average Bonchev–Trinajstić information content (AvgIpc) is 2.73. The highest BCUT2D eigenvalue weighted by molar-refractivity contribution is 7.89. The van der Waals surface area contributed by atoms with E-state index in [0.717, 1.165) is 10.6 Å². The summed E-state index contributed by atoms with van der Waals surface area (Å²) in [7, 11) is -3.90. The van der Waals surface area contributed by atoms with E-state index < -0.39 is 15.8 Å². The molecule has 0 unspecified atom stereocenters. The number of rotatable bonds is 5. The molecule has 3 N–H and O–H groups in total. The molecule has 1 aromatic carbocycles. The maximum Gasteiger partial charge on any atom is 0.420 e. The first-order chi connectivity index (χ1) is 10.6. The van der Waals surface area contributed by atoms with Crippen molar-refractivity contribution in [1.82, 2.24) is 9.88 Å². The van der Waals surface area contributed by atoms with Gasteiger partial charge in [0.2, 0.25) is 15.9 Å². The van der Waals surface area contributed by atoms with Gasteiger partial charge in [0.1, 0.15) is 6.54 Å². The first-order valence-corrected chi connectivity index (χ1v) is 8.60. The Hall–Kier alpha value is -2.13. The van der Waals surface area contributed by atoms with Crippen LogP contribution in [0.15, 0.2) is 32.3 Å². The van der Waals surface area contributed by atoms with Gasteiger partial charge in [-0.2, -0.15) is 0 Å². The molecule has 0 aliphatic heterocycles. The normalized spacial score (nSPS) is 13.4. The third kappa shape index (κ3) is 3.80. The Kier molecular flexibility index (Phi) is 4.62. The molecule has 0 fully saturated rings. The van der Waals surface area contributed by atoms with E-state index in [9.17, 15) is 18.0 Å². The SMILES string of the molecule is CC(C)[C@@H](C)NC(=O)Cn1c(=O)oc2cc(S(N)(=O)=O)ccc21. The summed E-state index contributed by atoms with van der Waals surface area (Å²) >= 11 is 0. The van der Waals surface area contributed by atoms with Crippen LogP contribution in [0, 0.1) is 5.92 Å². The van der Waals surface area contributed by atoms with Crippen molar-refractivity contribution < 1.29 is 17.6 Å². The van der Waals surface area contributed by atoms with Gasteiger partial charge in [-0.3, -0.25) is 9.36 Å². The molecule has 126 valence electrons. The lowest BCUT2D eigenvalue weighted by Gasteiger charge is -2.17. The van der Waals surface area contributed by atoms with Crippen molar-refractivity contribution in [3.63, 3.8) is 0 Å². The van der Waals surface area contributed by atoms with E-state index in [1.807, 2.05) is 20.8 Å². The number of hydrogen-bond donors (Lipinski definition) is 2. The lowest BCUT2D eigenvalue weighted by molar-refractivity contribution is -0.122. The molecule has 2 aromatic rings. The largest absolute Gasteiger partial charge is 0.420 e. The molecule has 2 rings (SSSR count). The van der Waals surface area contributed by atoms with Gasteiger partial charge in [0.05, 0.1) is 10.4 Å². The minimum atomic E-state index is -3.90. The minimum Gasteiger partial charge on any atom is -0.408 e. The summed E-state index contributed by atoms with van der Waals surface area (Å²) < 4.78 is 28.8. The molecule has 1 aromatic heterocycles. The van der Waals surface area contributed by atoms with Gasteiger partial charge in [0.25, 0.3) is 0 Å². The molecular formula is C14H19N3O5S. The highest BCUT2D eigenvalue weighted by Gasteiger charge is 2.17. The monoisotopic (exact) mass is 341 g/mol. The molecule has 23 heavy (non-hydrogen) atoms. The molecule has 0 saturated heterocycles. The van der Waals surface area contributed by atoms with Crippen molar-refractivity contribution in [2.24, 2.45) is 11.1 Å². The summed E-state index contributed by atoms with van der Waals surface area (Å²) in [4.78, 5) is 23.7. The van der Waals surface area contributed by atoms with Gasteiger partial charge in [-0.05, 0) is 25.0 Å². The topological polar surface area (TPSA) is 124 Å². The molecule has 0 radical (unpaired) electrons. The number of carbonyl (C=O) groups is 1. The predicted molar refractivity (Wildman–Crippen MR) is 84.3 cm³/mol. The number of hydrogen-bond acceptors (Lipinski definition) is 5. The Bertz CT molecular complexity index is 895. The number of nitrogens with zero attached hydrogens (tertiary/aromatic N) is 1. The maximum absolute atomic E-state index is 12.0.